The molecular weight excluding hydrogens is 518 g/mol. The van der Waals surface area contributed by atoms with Crippen molar-refractivity contribution in [1.82, 2.24) is 10.3 Å². The number of benzene rings is 2. The van der Waals surface area contributed by atoms with E-state index >= 15 is 0 Å². The Morgan fingerprint density at radius 1 is 1.10 bits per heavy atom. The Hall–Kier alpha value is -2.90. The number of carbonyl (C=O) groups excluding carboxylic acids is 1. The van der Waals surface area contributed by atoms with Gasteiger partial charge < -0.3 is 20.1 Å². The third-order valence-electron chi connectivity index (χ3n) is 8.86. The number of aromatic nitrogens is 1. The number of aliphatic hydroxyl groups is 1. The van der Waals surface area contributed by atoms with Gasteiger partial charge >= 0.3 is 0 Å². The Morgan fingerprint density at radius 2 is 1.90 bits per heavy atom. The number of hydrogen-bond acceptors (Lipinski definition) is 6. The molecule has 6 nitrogen and oxygen atoms in total. The summed E-state index contributed by atoms with van der Waals surface area (Å²) < 4.78 is 5.44. The SMILES string of the molecule is COc1ccc(C2CCC(C(NC(=O)C3CCCCC3)c3cccc(-c4cnc(N(C)C)s4)c3)CC2O)cc1C. The van der Waals surface area contributed by atoms with E-state index in [0.717, 1.165) is 76.5 Å². The maximum absolute atomic E-state index is 13.5. The van der Waals surface area contributed by atoms with Crippen LogP contribution < -0.4 is 15.0 Å². The van der Waals surface area contributed by atoms with Crippen molar-refractivity contribution < 1.29 is 14.6 Å². The second kappa shape index (κ2) is 12.7. The van der Waals surface area contributed by atoms with Gasteiger partial charge in [-0.25, -0.2) is 4.98 Å². The van der Waals surface area contributed by atoms with Crippen molar-refractivity contribution in [1.29, 1.82) is 0 Å². The molecule has 1 aromatic heterocycles. The standard InChI is InChI=1S/C33H43N3O3S/c1-21-17-23(14-16-29(21)39-4)27-15-13-26(19-28(27)37)31(35-32(38)22-9-6-5-7-10-22)25-12-8-11-24(18-25)30-20-34-33(40-30)36(2)3/h8,11-12,14,16-18,20,22,26-28,31,37H,5-7,9-10,13,15,19H2,1-4H3,(H,35,38). The minimum absolute atomic E-state index is 0.0866. The molecule has 0 saturated heterocycles. The van der Waals surface area contributed by atoms with E-state index < -0.39 is 6.10 Å². The number of anilines is 1. The number of nitrogens with one attached hydrogen (secondary N) is 1. The lowest BCUT2D eigenvalue weighted by molar-refractivity contribution is -0.127. The first kappa shape index (κ1) is 28.6. The quantitative estimate of drug-likeness (QED) is 0.314. The molecule has 2 aliphatic carbocycles. The Labute approximate surface area is 242 Å². The van der Waals surface area contributed by atoms with E-state index in [9.17, 15) is 9.90 Å². The number of aliphatic hydroxyl groups excluding tert-OH is 1. The molecule has 2 aliphatic rings. The lowest BCUT2D eigenvalue weighted by atomic mass is 9.72. The second-order valence-electron chi connectivity index (χ2n) is 11.8. The summed E-state index contributed by atoms with van der Waals surface area (Å²) in [6.07, 6.45) is 9.37. The van der Waals surface area contributed by atoms with Gasteiger partial charge in [-0.3, -0.25) is 4.79 Å². The van der Waals surface area contributed by atoms with Crippen molar-refractivity contribution in [2.45, 2.75) is 76.4 Å². The first-order valence-electron chi connectivity index (χ1n) is 14.7. The number of methoxy groups -OCH3 is 1. The fourth-order valence-corrected chi connectivity index (χ4v) is 7.44. The van der Waals surface area contributed by atoms with Crippen molar-refractivity contribution in [3.05, 3.63) is 65.4 Å². The van der Waals surface area contributed by atoms with Crippen LogP contribution >= 0.6 is 11.3 Å². The summed E-state index contributed by atoms with van der Waals surface area (Å²) in [6.45, 7) is 2.05. The van der Waals surface area contributed by atoms with Crippen molar-refractivity contribution in [3.63, 3.8) is 0 Å². The molecule has 7 heteroatoms. The van der Waals surface area contributed by atoms with Crippen molar-refractivity contribution in [2.75, 3.05) is 26.1 Å². The topological polar surface area (TPSA) is 74.7 Å². The van der Waals surface area contributed by atoms with Gasteiger partial charge in [0.1, 0.15) is 5.75 Å². The zero-order valence-corrected chi connectivity index (χ0v) is 25.0. The van der Waals surface area contributed by atoms with Crippen LogP contribution in [0.5, 0.6) is 5.75 Å². The van der Waals surface area contributed by atoms with Crippen LogP contribution in [0.25, 0.3) is 10.4 Å². The highest BCUT2D eigenvalue weighted by Gasteiger charge is 2.36. The predicted molar refractivity (Wildman–Crippen MR) is 163 cm³/mol. The van der Waals surface area contributed by atoms with Gasteiger partial charge in [0.05, 0.1) is 24.1 Å². The summed E-state index contributed by atoms with van der Waals surface area (Å²) >= 11 is 1.67. The van der Waals surface area contributed by atoms with Crippen LogP contribution in [0.15, 0.2) is 48.7 Å². The summed E-state index contributed by atoms with van der Waals surface area (Å²) in [5, 5.41) is 15.9. The van der Waals surface area contributed by atoms with Gasteiger partial charge in [-0.05, 0) is 79.3 Å². The summed E-state index contributed by atoms with van der Waals surface area (Å²) in [7, 11) is 5.70. The van der Waals surface area contributed by atoms with E-state index in [0.29, 0.717) is 6.42 Å². The zero-order chi connectivity index (χ0) is 28.2. The normalized spacial score (nSPS) is 22.5. The Balaban J connectivity index is 1.40. The van der Waals surface area contributed by atoms with Crippen LogP contribution in [-0.4, -0.2) is 43.3 Å². The molecule has 2 N–H and O–H groups in total. The molecule has 2 aromatic carbocycles. The minimum Gasteiger partial charge on any atom is -0.496 e. The van der Waals surface area contributed by atoms with E-state index in [2.05, 4.69) is 53.6 Å². The van der Waals surface area contributed by atoms with Gasteiger partial charge in [0.2, 0.25) is 5.91 Å². The molecule has 0 spiro atoms. The Kier molecular flexibility index (Phi) is 9.11. The zero-order valence-electron chi connectivity index (χ0n) is 24.2. The Bertz CT molecular complexity index is 1300. The molecule has 1 heterocycles. The van der Waals surface area contributed by atoms with Gasteiger partial charge in [-0.1, -0.05) is 60.9 Å². The largest absolute Gasteiger partial charge is 0.496 e. The number of aryl methyl sites for hydroxylation is 1. The number of thiazole rings is 1. The molecule has 40 heavy (non-hydrogen) atoms. The maximum Gasteiger partial charge on any atom is 0.223 e. The average molecular weight is 562 g/mol. The molecule has 2 fully saturated rings. The third kappa shape index (κ3) is 6.36. The fourth-order valence-electron chi connectivity index (χ4n) is 6.60. The molecular formula is C33H43N3O3S. The number of nitrogens with zero attached hydrogens (tertiary/aromatic N) is 2. The molecule has 0 aliphatic heterocycles. The smallest absolute Gasteiger partial charge is 0.223 e. The summed E-state index contributed by atoms with van der Waals surface area (Å²) in [4.78, 5) is 21.2. The predicted octanol–water partition coefficient (Wildman–Crippen LogP) is 6.88. The number of hydrogen-bond donors (Lipinski definition) is 2. The monoisotopic (exact) mass is 561 g/mol. The van der Waals surface area contributed by atoms with Gasteiger partial charge in [-0.2, -0.15) is 0 Å². The molecule has 5 rings (SSSR count). The third-order valence-corrected chi connectivity index (χ3v) is 10.1. The Morgan fingerprint density at radius 3 is 2.58 bits per heavy atom. The lowest BCUT2D eigenvalue weighted by Crippen LogP contribution is -2.41. The molecule has 214 valence electrons. The number of carbonyl (C=O) groups is 1. The second-order valence-corrected chi connectivity index (χ2v) is 12.8. The van der Waals surface area contributed by atoms with Gasteiger partial charge in [0.25, 0.3) is 0 Å². The van der Waals surface area contributed by atoms with Crippen LogP contribution in [0.2, 0.25) is 0 Å². The highest BCUT2D eigenvalue weighted by molar-refractivity contribution is 7.18. The average Bonchev–Trinajstić information content (AvgIpc) is 3.47. The maximum atomic E-state index is 13.5. The highest BCUT2D eigenvalue weighted by Crippen LogP contribution is 2.43. The van der Waals surface area contributed by atoms with Crippen LogP contribution in [-0.2, 0) is 4.79 Å². The van der Waals surface area contributed by atoms with Crippen LogP contribution in [0, 0.1) is 18.8 Å². The molecule has 0 radical (unpaired) electrons. The van der Waals surface area contributed by atoms with Crippen LogP contribution in [0.4, 0.5) is 5.13 Å². The van der Waals surface area contributed by atoms with E-state index in [-0.39, 0.29) is 29.7 Å². The number of ether oxygens (including phenoxy) is 1. The molecule has 0 bridgehead atoms. The molecule has 4 atom stereocenters. The van der Waals surface area contributed by atoms with E-state index in [1.165, 1.54) is 6.42 Å². The summed E-state index contributed by atoms with van der Waals surface area (Å²) in [5.74, 6) is 1.38. The summed E-state index contributed by atoms with van der Waals surface area (Å²) in [5.41, 5.74) is 4.47. The van der Waals surface area contributed by atoms with Crippen molar-refractivity contribution in [3.8, 4) is 16.2 Å². The molecule has 4 unspecified atom stereocenters. The van der Waals surface area contributed by atoms with Gasteiger partial charge in [0.15, 0.2) is 5.13 Å². The van der Waals surface area contributed by atoms with Crippen molar-refractivity contribution in [2.24, 2.45) is 11.8 Å². The highest BCUT2D eigenvalue weighted by atomic mass is 32.1. The van der Waals surface area contributed by atoms with Crippen LogP contribution in [0.1, 0.15) is 80.0 Å². The van der Waals surface area contributed by atoms with Gasteiger partial charge in [0, 0.05) is 32.1 Å². The number of amides is 1. The number of rotatable bonds is 8. The molecule has 2 saturated carbocycles. The van der Waals surface area contributed by atoms with Gasteiger partial charge in [-0.15, -0.1) is 0 Å². The van der Waals surface area contributed by atoms with E-state index in [1.54, 1.807) is 18.4 Å². The van der Waals surface area contributed by atoms with E-state index in [1.807, 2.05) is 31.3 Å². The molecule has 1 amide bonds. The molecule has 3 aromatic rings. The lowest BCUT2D eigenvalue weighted by Gasteiger charge is -2.38. The summed E-state index contributed by atoms with van der Waals surface area (Å²) in [6, 6.07) is 14.7. The van der Waals surface area contributed by atoms with Crippen molar-refractivity contribution >= 4 is 22.4 Å². The van der Waals surface area contributed by atoms with Crippen LogP contribution in [0.3, 0.4) is 0 Å². The first-order chi connectivity index (χ1) is 19.3. The van der Waals surface area contributed by atoms with E-state index in [4.69, 9.17) is 4.74 Å². The first-order valence-corrected chi connectivity index (χ1v) is 15.5. The minimum atomic E-state index is -0.465. The fraction of sp³-hybridized carbons (Fsp3) is 0.515.